The van der Waals surface area contributed by atoms with Crippen LogP contribution < -0.4 is 4.74 Å². The van der Waals surface area contributed by atoms with Gasteiger partial charge in [0.2, 0.25) is 5.88 Å². The molecule has 4 aromatic heterocycles. The van der Waals surface area contributed by atoms with Crippen molar-refractivity contribution in [2.45, 2.75) is 13.1 Å². The molecule has 0 aromatic carbocycles. The first-order valence-corrected chi connectivity index (χ1v) is 8.57. The fraction of sp³-hybridized carbons (Fsp3) is 0.222. The van der Waals surface area contributed by atoms with Gasteiger partial charge in [0.25, 0.3) is 0 Å². The Hall–Kier alpha value is -3.83. The van der Waals surface area contributed by atoms with Gasteiger partial charge in [0.05, 0.1) is 24.5 Å². The van der Waals surface area contributed by atoms with E-state index in [-0.39, 0.29) is 22.6 Å². The van der Waals surface area contributed by atoms with Gasteiger partial charge >= 0.3 is 12.1 Å². The van der Waals surface area contributed by atoms with Crippen LogP contribution >= 0.6 is 0 Å². The fourth-order valence-electron chi connectivity index (χ4n) is 3.22. The highest BCUT2D eigenvalue weighted by Gasteiger charge is 2.39. The summed E-state index contributed by atoms with van der Waals surface area (Å²) in [6.07, 6.45) is -0.495. The summed E-state index contributed by atoms with van der Waals surface area (Å²) in [5, 5.41) is 21.1. The monoisotopic (exact) mass is 420 g/mol. The van der Waals surface area contributed by atoms with E-state index in [4.69, 9.17) is 4.74 Å². The van der Waals surface area contributed by atoms with Gasteiger partial charge in [-0.15, -0.1) is 5.10 Å². The number of carboxylic acids is 1. The Kier molecular flexibility index (Phi) is 4.29. The molecule has 0 aliphatic carbocycles. The summed E-state index contributed by atoms with van der Waals surface area (Å²) in [5.74, 6) is -1.30. The van der Waals surface area contributed by atoms with Crippen LogP contribution in [-0.2, 0) is 13.2 Å². The molecule has 0 spiro atoms. The van der Waals surface area contributed by atoms with Gasteiger partial charge in [0.1, 0.15) is 5.56 Å². The van der Waals surface area contributed by atoms with E-state index in [1.807, 2.05) is 0 Å². The number of halogens is 3. The molecule has 4 rings (SSSR count). The number of hydrogen-bond acceptors (Lipinski definition) is 5. The maximum absolute atomic E-state index is 13.6. The predicted octanol–water partition coefficient (Wildman–Crippen LogP) is 2.95. The Balaban J connectivity index is 1.92. The van der Waals surface area contributed by atoms with E-state index in [1.54, 1.807) is 25.3 Å². The van der Waals surface area contributed by atoms with Crippen LogP contribution in [0, 0.1) is 6.92 Å². The van der Waals surface area contributed by atoms with Gasteiger partial charge in [-0.25, -0.2) is 14.0 Å². The van der Waals surface area contributed by atoms with Crippen molar-refractivity contribution in [3.63, 3.8) is 0 Å². The topological polar surface area (TPSA) is 99.5 Å². The van der Waals surface area contributed by atoms with Crippen molar-refractivity contribution in [3.05, 3.63) is 47.7 Å². The largest absolute Gasteiger partial charge is 0.479 e. The molecule has 156 valence electrons. The van der Waals surface area contributed by atoms with E-state index in [1.165, 1.54) is 40.4 Å². The molecule has 9 nitrogen and oxygen atoms in total. The molecule has 0 radical (unpaired) electrons. The summed E-state index contributed by atoms with van der Waals surface area (Å²) in [7, 11) is 2.73. The molecule has 0 unspecified atom stereocenters. The third-order valence-electron chi connectivity index (χ3n) is 4.75. The van der Waals surface area contributed by atoms with E-state index >= 15 is 0 Å². The molecule has 4 heterocycles. The Morgan fingerprint density at radius 3 is 2.60 bits per heavy atom. The summed E-state index contributed by atoms with van der Waals surface area (Å²) >= 11 is 0. The second-order valence-electron chi connectivity index (χ2n) is 6.51. The number of ether oxygens (including phenoxy) is 1. The maximum Gasteiger partial charge on any atom is 0.435 e. The number of alkyl halides is 3. The zero-order valence-electron chi connectivity index (χ0n) is 16.0. The van der Waals surface area contributed by atoms with Crippen LogP contribution in [0.25, 0.3) is 22.3 Å². The van der Waals surface area contributed by atoms with E-state index in [9.17, 15) is 23.1 Å². The number of carbonyl (C=O) groups is 1. The fourth-order valence-corrected chi connectivity index (χ4v) is 3.22. The summed E-state index contributed by atoms with van der Waals surface area (Å²) in [4.78, 5) is 11.3. The van der Waals surface area contributed by atoms with Crippen molar-refractivity contribution in [1.82, 2.24) is 29.2 Å². The van der Waals surface area contributed by atoms with E-state index in [2.05, 4.69) is 15.3 Å². The van der Waals surface area contributed by atoms with Crippen LogP contribution in [0.5, 0.6) is 5.88 Å². The minimum Gasteiger partial charge on any atom is -0.479 e. The third-order valence-corrected chi connectivity index (χ3v) is 4.75. The second kappa shape index (κ2) is 6.61. The Morgan fingerprint density at radius 2 is 2.00 bits per heavy atom. The molecule has 0 amide bonds. The lowest BCUT2D eigenvalue weighted by Gasteiger charge is -2.07. The van der Waals surface area contributed by atoms with Crippen molar-refractivity contribution >= 4 is 11.5 Å². The van der Waals surface area contributed by atoms with Crippen LogP contribution in [-0.4, -0.2) is 47.4 Å². The number of nitrogens with zero attached hydrogens (tertiary/aromatic N) is 6. The molecule has 12 heteroatoms. The number of pyridine rings is 1. The Bertz CT molecular complexity index is 1280. The van der Waals surface area contributed by atoms with Crippen molar-refractivity contribution in [3.8, 4) is 22.7 Å². The SMILES string of the molecule is COc1nn(-c2ccn3ncc(-c4c(C(F)(F)F)nn(C)c4C)c3c2)cc1C(=O)O. The van der Waals surface area contributed by atoms with Gasteiger partial charge in [0.15, 0.2) is 5.69 Å². The minimum absolute atomic E-state index is 0.0681. The molecular formula is C18H15F3N6O3. The van der Waals surface area contributed by atoms with E-state index in [0.717, 1.165) is 0 Å². The zero-order chi connectivity index (χ0) is 21.8. The van der Waals surface area contributed by atoms with Crippen molar-refractivity contribution in [1.29, 1.82) is 0 Å². The lowest BCUT2D eigenvalue weighted by atomic mass is 10.0. The zero-order valence-corrected chi connectivity index (χ0v) is 16.0. The number of hydrogen-bond donors (Lipinski definition) is 1. The first-order valence-electron chi connectivity index (χ1n) is 8.57. The Morgan fingerprint density at radius 1 is 1.27 bits per heavy atom. The summed E-state index contributed by atoms with van der Waals surface area (Å²) in [6, 6.07) is 3.16. The van der Waals surface area contributed by atoms with Gasteiger partial charge in [-0.05, 0) is 19.1 Å². The quantitative estimate of drug-likeness (QED) is 0.545. The smallest absolute Gasteiger partial charge is 0.435 e. The highest BCUT2D eigenvalue weighted by atomic mass is 19.4. The normalized spacial score (nSPS) is 11.9. The minimum atomic E-state index is -4.64. The van der Waals surface area contributed by atoms with Crippen LogP contribution in [0.15, 0.2) is 30.7 Å². The van der Waals surface area contributed by atoms with Crippen LogP contribution in [0.2, 0.25) is 0 Å². The highest BCUT2D eigenvalue weighted by molar-refractivity contribution is 5.90. The van der Waals surface area contributed by atoms with Crippen molar-refractivity contribution < 1.29 is 27.8 Å². The number of methoxy groups -OCH3 is 1. The number of aryl methyl sites for hydroxylation is 1. The Labute approximate surface area is 166 Å². The standard InChI is InChI=1S/C18H15F3N6O3/c1-9-14(15(18(19,20)21)23-25(9)2)11-7-22-26-5-4-10(6-13(11)26)27-8-12(17(28)29)16(24-27)30-3/h4-8H,1-3H3,(H,28,29). The first-order chi connectivity index (χ1) is 14.1. The van der Waals surface area contributed by atoms with Gasteiger partial charge in [-0.2, -0.15) is 23.4 Å². The molecule has 0 fully saturated rings. The van der Waals surface area contributed by atoms with Gasteiger partial charge in [-0.3, -0.25) is 4.68 Å². The van der Waals surface area contributed by atoms with E-state index in [0.29, 0.717) is 16.9 Å². The summed E-state index contributed by atoms with van der Waals surface area (Å²) in [5.41, 5.74) is 0.154. The van der Waals surface area contributed by atoms with Crippen molar-refractivity contribution in [2.24, 2.45) is 7.05 Å². The molecular weight excluding hydrogens is 405 g/mol. The molecule has 4 aromatic rings. The summed E-state index contributed by atoms with van der Waals surface area (Å²) < 4.78 is 49.5. The molecule has 0 atom stereocenters. The van der Waals surface area contributed by atoms with E-state index < -0.39 is 17.8 Å². The number of carboxylic acid groups (broad SMARTS) is 1. The number of fused-ring (bicyclic) bond motifs is 1. The summed E-state index contributed by atoms with van der Waals surface area (Å²) in [6.45, 7) is 1.54. The molecule has 0 aliphatic heterocycles. The molecule has 30 heavy (non-hydrogen) atoms. The van der Waals surface area contributed by atoms with Crippen LogP contribution in [0.1, 0.15) is 21.7 Å². The average Bonchev–Trinajstić information content (AvgIpc) is 3.37. The number of rotatable bonds is 4. The lowest BCUT2D eigenvalue weighted by molar-refractivity contribution is -0.140. The van der Waals surface area contributed by atoms with Crippen LogP contribution in [0.4, 0.5) is 13.2 Å². The van der Waals surface area contributed by atoms with Gasteiger partial charge < -0.3 is 9.84 Å². The number of aromatic carboxylic acids is 1. The molecule has 1 N–H and O–H groups in total. The molecule has 0 bridgehead atoms. The predicted molar refractivity (Wildman–Crippen MR) is 97.8 cm³/mol. The van der Waals surface area contributed by atoms with Crippen molar-refractivity contribution in [2.75, 3.05) is 7.11 Å². The first kappa shape index (κ1) is 19.5. The average molecular weight is 420 g/mol. The maximum atomic E-state index is 13.6. The van der Waals surface area contributed by atoms with Crippen LogP contribution in [0.3, 0.4) is 0 Å². The molecule has 0 saturated carbocycles. The van der Waals surface area contributed by atoms with Gasteiger partial charge in [0, 0.05) is 36.3 Å². The lowest BCUT2D eigenvalue weighted by Crippen LogP contribution is -2.08. The molecule has 0 aliphatic rings. The highest BCUT2D eigenvalue weighted by Crippen LogP contribution is 2.39. The number of aromatic nitrogens is 6. The third kappa shape index (κ3) is 2.96. The second-order valence-corrected chi connectivity index (χ2v) is 6.51. The van der Waals surface area contributed by atoms with Gasteiger partial charge in [-0.1, -0.05) is 0 Å². The molecule has 0 saturated heterocycles.